The van der Waals surface area contributed by atoms with E-state index in [1.165, 1.54) is 30.4 Å². The number of fused-ring (bicyclic) bond motifs is 1. The number of hydrogen-bond donors (Lipinski definition) is 0. The van der Waals surface area contributed by atoms with Crippen LogP contribution in [0.1, 0.15) is 60.9 Å². The summed E-state index contributed by atoms with van der Waals surface area (Å²) in [6, 6.07) is 6.57. The van der Waals surface area contributed by atoms with E-state index in [-0.39, 0.29) is 6.04 Å². The topological polar surface area (TPSA) is 64.9 Å². The fraction of sp³-hybridized carbons (Fsp3) is 0.545. The Labute approximate surface area is 181 Å². The molecule has 2 aromatic heterocycles. The van der Waals surface area contributed by atoms with Gasteiger partial charge in [0.15, 0.2) is 0 Å². The van der Waals surface area contributed by atoms with Gasteiger partial charge in [-0.05, 0) is 63.9 Å². The van der Waals surface area contributed by atoms with Gasteiger partial charge in [-0.3, -0.25) is 4.90 Å². The summed E-state index contributed by atoms with van der Waals surface area (Å²) < 4.78 is 10.0. The van der Waals surface area contributed by atoms with E-state index in [0.717, 1.165) is 49.6 Å². The maximum atomic E-state index is 5.86. The molecule has 0 aliphatic carbocycles. The van der Waals surface area contributed by atoms with Crippen molar-refractivity contribution in [2.75, 3.05) is 6.54 Å². The minimum atomic E-state index is 0.257. The van der Waals surface area contributed by atoms with Gasteiger partial charge in [0.25, 0.3) is 4.84 Å². The van der Waals surface area contributed by atoms with Gasteiger partial charge in [-0.25, -0.2) is 4.68 Å². The second kappa shape index (κ2) is 8.07. The Balaban J connectivity index is 1.40. The Morgan fingerprint density at radius 3 is 2.70 bits per heavy atom. The van der Waals surface area contributed by atoms with E-state index < -0.39 is 0 Å². The van der Waals surface area contributed by atoms with Crippen LogP contribution in [0.2, 0.25) is 0 Å². The van der Waals surface area contributed by atoms with Crippen molar-refractivity contribution in [3.63, 3.8) is 0 Å². The molecule has 0 spiro atoms. The van der Waals surface area contributed by atoms with Crippen molar-refractivity contribution in [2.45, 2.75) is 71.6 Å². The number of nitrogens with zero attached hydrogens (tertiary/aromatic N) is 6. The molecule has 3 aromatic rings. The van der Waals surface area contributed by atoms with E-state index in [1.807, 2.05) is 0 Å². The molecule has 0 N–H and O–H groups in total. The zero-order valence-corrected chi connectivity index (χ0v) is 18.5. The number of aromatic nitrogens is 5. The van der Waals surface area contributed by atoms with Gasteiger partial charge in [0, 0.05) is 25.1 Å². The van der Waals surface area contributed by atoms with Crippen LogP contribution in [-0.4, -0.2) is 36.0 Å². The van der Waals surface area contributed by atoms with Crippen LogP contribution in [0.5, 0.6) is 0 Å². The standard InChI is InChI=1S/C22H28N6OS/c1-15-11-16(2)13-17(12-15)21-25-28(22(30)29-21)14-26-9-6-7-18(26)20-24-23-19-8-4-3-5-10-27(19)20/h11-13,18H,3-10,14H2,1-2H3/t18-/m1/s1. The van der Waals surface area contributed by atoms with Crippen molar-refractivity contribution in [2.24, 2.45) is 0 Å². The molecular formula is C22H28N6OS. The number of rotatable bonds is 4. The van der Waals surface area contributed by atoms with Crippen molar-refractivity contribution < 1.29 is 4.42 Å². The second-order valence-electron chi connectivity index (χ2n) is 8.60. The minimum absolute atomic E-state index is 0.257. The van der Waals surface area contributed by atoms with Crippen LogP contribution in [0.25, 0.3) is 11.5 Å². The van der Waals surface area contributed by atoms with Crippen LogP contribution in [0.4, 0.5) is 0 Å². The van der Waals surface area contributed by atoms with Gasteiger partial charge in [-0.1, -0.05) is 23.6 Å². The molecule has 0 unspecified atom stereocenters. The molecule has 5 rings (SSSR count). The van der Waals surface area contributed by atoms with Crippen molar-refractivity contribution in [1.82, 2.24) is 29.4 Å². The highest BCUT2D eigenvalue weighted by molar-refractivity contribution is 7.71. The lowest BCUT2D eigenvalue weighted by molar-refractivity contribution is 0.178. The molecule has 1 fully saturated rings. The SMILES string of the molecule is Cc1cc(C)cc(-c2nn(CN3CCC[C@@H]3c3nnc4n3CCCCC4)c(=S)o2)c1. The zero-order valence-electron chi connectivity index (χ0n) is 17.7. The molecule has 0 radical (unpaired) electrons. The summed E-state index contributed by atoms with van der Waals surface area (Å²) in [4.78, 5) is 2.82. The predicted octanol–water partition coefficient (Wildman–Crippen LogP) is 4.60. The molecule has 30 heavy (non-hydrogen) atoms. The lowest BCUT2D eigenvalue weighted by Crippen LogP contribution is -2.29. The summed E-state index contributed by atoms with van der Waals surface area (Å²) in [7, 11) is 0. The maximum absolute atomic E-state index is 5.86. The van der Waals surface area contributed by atoms with Crippen molar-refractivity contribution in [3.05, 3.63) is 45.8 Å². The molecule has 4 heterocycles. The van der Waals surface area contributed by atoms with E-state index in [2.05, 4.69) is 51.7 Å². The molecular weight excluding hydrogens is 396 g/mol. The predicted molar refractivity (Wildman–Crippen MR) is 116 cm³/mol. The first-order chi connectivity index (χ1) is 14.6. The van der Waals surface area contributed by atoms with Crippen LogP contribution in [0.15, 0.2) is 22.6 Å². The minimum Gasteiger partial charge on any atom is -0.409 e. The smallest absolute Gasteiger partial charge is 0.288 e. The van der Waals surface area contributed by atoms with Crippen LogP contribution >= 0.6 is 12.2 Å². The molecule has 8 heteroatoms. The van der Waals surface area contributed by atoms with Gasteiger partial charge < -0.3 is 8.98 Å². The first-order valence-corrected chi connectivity index (χ1v) is 11.3. The first-order valence-electron chi connectivity index (χ1n) is 10.9. The molecule has 2 aliphatic rings. The Hall–Kier alpha value is -2.32. The van der Waals surface area contributed by atoms with Crippen LogP contribution in [0.3, 0.4) is 0 Å². The number of hydrogen-bond acceptors (Lipinski definition) is 6. The van der Waals surface area contributed by atoms with Crippen LogP contribution < -0.4 is 0 Å². The third-order valence-electron chi connectivity index (χ3n) is 6.19. The first kappa shape index (κ1) is 19.6. The fourth-order valence-electron chi connectivity index (χ4n) is 4.82. The highest BCUT2D eigenvalue weighted by atomic mass is 32.1. The number of benzene rings is 1. The van der Waals surface area contributed by atoms with Crippen LogP contribution in [0, 0.1) is 18.7 Å². The normalized spacial score (nSPS) is 19.7. The molecule has 2 aliphatic heterocycles. The summed E-state index contributed by atoms with van der Waals surface area (Å²) >= 11 is 5.50. The average Bonchev–Trinajstić information content (AvgIpc) is 3.37. The Kier molecular flexibility index (Phi) is 5.28. The molecule has 7 nitrogen and oxygen atoms in total. The molecule has 1 atom stereocenters. The summed E-state index contributed by atoms with van der Waals surface area (Å²) in [5.41, 5.74) is 3.35. The van der Waals surface area contributed by atoms with E-state index in [9.17, 15) is 0 Å². The van der Waals surface area contributed by atoms with Gasteiger partial charge in [-0.15, -0.1) is 15.3 Å². The molecule has 1 aromatic carbocycles. The van der Waals surface area contributed by atoms with Gasteiger partial charge in [0.05, 0.1) is 12.7 Å². The average molecular weight is 425 g/mol. The Morgan fingerprint density at radius 2 is 1.87 bits per heavy atom. The molecule has 0 amide bonds. The van der Waals surface area contributed by atoms with Gasteiger partial charge in [0.1, 0.15) is 11.6 Å². The van der Waals surface area contributed by atoms with E-state index >= 15 is 0 Å². The van der Waals surface area contributed by atoms with E-state index in [0.29, 0.717) is 17.4 Å². The second-order valence-corrected chi connectivity index (χ2v) is 8.95. The third-order valence-corrected chi connectivity index (χ3v) is 6.48. The number of likely N-dealkylation sites (tertiary alicyclic amines) is 1. The van der Waals surface area contributed by atoms with E-state index in [4.69, 9.17) is 21.7 Å². The highest BCUT2D eigenvalue weighted by Gasteiger charge is 2.32. The summed E-state index contributed by atoms with van der Waals surface area (Å²) in [5.74, 6) is 2.83. The van der Waals surface area contributed by atoms with Crippen molar-refractivity contribution >= 4 is 12.2 Å². The molecule has 1 saturated heterocycles. The quantitative estimate of drug-likeness (QED) is 0.570. The van der Waals surface area contributed by atoms with E-state index in [1.54, 1.807) is 4.68 Å². The third kappa shape index (κ3) is 3.74. The maximum Gasteiger partial charge on any atom is 0.288 e. The molecule has 0 saturated carbocycles. The van der Waals surface area contributed by atoms with Crippen LogP contribution in [-0.2, 0) is 19.6 Å². The molecule has 158 valence electrons. The number of aryl methyl sites for hydroxylation is 3. The monoisotopic (exact) mass is 424 g/mol. The Bertz CT molecular complexity index is 1090. The van der Waals surface area contributed by atoms with Crippen molar-refractivity contribution in [3.8, 4) is 11.5 Å². The summed E-state index contributed by atoms with van der Waals surface area (Å²) in [6.45, 7) is 6.81. The van der Waals surface area contributed by atoms with Gasteiger partial charge >= 0.3 is 0 Å². The van der Waals surface area contributed by atoms with Crippen molar-refractivity contribution in [1.29, 1.82) is 0 Å². The largest absolute Gasteiger partial charge is 0.409 e. The summed E-state index contributed by atoms with van der Waals surface area (Å²) in [6.07, 6.45) is 6.95. The van der Waals surface area contributed by atoms with Gasteiger partial charge in [0.2, 0.25) is 5.89 Å². The highest BCUT2D eigenvalue weighted by Crippen LogP contribution is 2.33. The van der Waals surface area contributed by atoms with Gasteiger partial charge in [-0.2, -0.15) is 0 Å². The molecule has 0 bridgehead atoms. The summed E-state index contributed by atoms with van der Waals surface area (Å²) in [5, 5.41) is 13.8. The zero-order chi connectivity index (χ0) is 20.7. The lowest BCUT2D eigenvalue weighted by atomic mass is 10.1. The Morgan fingerprint density at radius 1 is 1.03 bits per heavy atom. The fourth-order valence-corrected chi connectivity index (χ4v) is 5.00. The lowest BCUT2D eigenvalue weighted by Gasteiger charge is -2.23.